The number of hydrogen-bond donors (Lipinski definition) is 2. The highest BCUT2D eigenvalue weighted by Crippen LogP contribution is 2.18. The van der Waals surface area contributed by atoms with Crippen molar-refractivity contribution < 1.29 is 18.3 Å². The molecule has 1 heterocycles. The molecule has 3 aromatic carbocycles. The van der Waals surface area contributed by atoms with E-state index in [0.29, 0.717) is 17.1 Å². The van der Waals surface area contributed by atoms with Crippen molar-refractivity contribution in [3.05, 3.63) is 90.0 Å². The first kappa shape index (κ1) is 23.3. The molecule has 10 heteroatoms. The van der Waals surface area contributed by atoms with Gasteiger partial charge in [0.05, 0.1) is 10.6 Å². The Balaban J connectivity index is 1.50. The number of nitrogens with one attached hydrogen (secondary N) is 1. The van der Waals surface area contributed by atoms with Crippen LogP contribution in [0.15, 0.2) is 83.8 Å². The van der Waals surface area contributed by atoms with Gasteiger partial charge in [0.15, 0.2) is 0 Å². The molecule has 4 rings (SSSR count). The van der Waals surface area contributed by atoms with Crippen molar-refractivity contribution in [1.82, 2.24) is 24.9 Å². The molecule has 0 aliphatic carbocycles. The van der Waals surface area contributed by atoms with Crippen LogP contribution < -0.4 is 4.72 Å². The highest BCUT2D eigenvalue weighted by molar-refractivity contribution is 7.89. The van der Waals surface area contributed by atoms with Crippen LogP contribution in [0.1, 0.15) is 18.1 Å². The van der Waals surface area contributed by atoms with Crippen molar-refractivity contribution >= 4 is 16.0 Å². The maximum Gasteiger partial charge on any atom is 0.322 e. The van der Waals surface area contributed by atoms with E-state index in [9.17, 15) is 18.3 Å². The SMILES string of the molecule is CCc1ccc(-c2nnn(-c3ccc(S(=O)(=O)NC(Cc4ccccc4)C(=O)O)cc3)n2)cc1. The molecule has 174 valence electrons. The first-order valence-electron chi connectivity index (χ1n) is 10.6. The Morgan fingerprint density at radius 1 is 0.971 bits per heavy atom. The van der Waals surface area contributed by atoms with Gasteiger partial charge in [-0.2, -0.15) is 4.72 Å². The topological polar surface area (TPSA) is 127 Å². The summed E-state index contributed by atoms with van der Waals surface area (Å²) in [4.78, 5) is 12.9. The Morgan fingerprint density at radius 2 is 1.65 bits per heavy atom. The second-order valence-corrected chi connectivity index (χ2v) is 9.36. The van der Waals surface area contributed by atoms with Crippen LogP contribution in [0.2, 0.25) is 0 Å². The second kappa shape index (κ2) is 9.94. The Morgan fingerprint density at radius 3 is 2.26 bits per heavy atom. The van der Waals surface area contributed by atoms with Crippen LogP contribution >= 0.6 is 0 Å². The lowest BCUT2D eigenvalue weighted by atomic mass is 10.1. The van der Waals surface area contributed by atoms with Gasteiger partial charge in [0.1, 0.15) is 6.04 Å². The van der Waals surface area contributed by atoms with Crippen molar-refractivity contribution in [3.8, 4) is 17.1 Å². The molecule has 0 aliphatic heterocycles. The average Bonchev–Trinajstić information content (AvgIpc) is 3.35. The third-order valence-electron chi connectivity index (χ3n) is 5.29. The smallest absolute Gasteiger partial charge is 0.322 e. The summed E-state index contributed by atoms with van der Waals surface area (Å²) in [5.41, 5.74) is 3.26. The number of aryl methyl sites for hydroxylation is 1. The predicted molar refractivity (Wildman–Crippen MR) is 126 cm³/mol. The molecular weight excluding hydrogens is 454 g/mol. The number of hydrogen-bond acceptors (Lipinski definition) is 6. The van der Waals surface area contributed by atoms with E-state index in [2.05, 4.69) is 27.1 Å². The quantitative estimate of drug-likeness (QED) is 0.379. The Kier molecular flexibility index (Phi) is 6.80. The van der Waals surface area contributed by atoms with Gasteiger partial charge in [-0.05, 0) is 53.4 Å². The van der Waals surface area contributed by atoms with E-state index in [1.165, 1.54) is 34.6 Å². The van der Waals surface area contributed by atoms with Crippen LogP contribution in [0.25, 0.3) is 17.1 Å². The molecule has 0 radical (unpaired) electrons. The van der Waals surface area contributed by atoms with Gasteiger partial charge in [-0.1, -0.05) is 61.5 Å². The lowest BCUT2D eigenvalue weighted by Crippen LogP contribution is -2.42. The van der Waals surface area contributed by atoms with E-state index < -0.39 is 22.0 Å². The average molecular weight is 478 g/mol. The normalized spacial score (nSPS) is 12.4. The molecule has 0 saturated carbocycles. The van der Waals surface area contributed by atoms with Gasteiger partial charge in [0, 0.05) is 5.56 Å². The first-order valence-corrected chi connectivity index (χ1v) is 12.1. The Hall–Kier alpha value is -3.89. The fourth-order valence-corrected chi connectivity index (χ4v) is 4.56. The van der Waals surface area contributed by atoms with Crippen LogP contribution in [0.4, 0.5) is 0 Å². The van der Waals surface area contributed by atoms with E-state index >= 15 is 0 Å². The Bertz CT molecular complexity index is 1370. The number of sulfonamides is 1. The predicted octanol–water partition coefficient (Wildman–Crippen LogP) is 2.87. The van der Waals surface area contributed by atoms with Crippen LogP contribution in [-0.4, -0.2) is 45.7 Å². The minimum absolute atomic E-state index is 0.0262. The molecular formula is C24H23N5O4S. The standard InChI is InChI=1S/C24H23N5O4S/c1-2-17-8-10-19(11-9-17)23-25-28-29(26-23)20-12-14-21(15-13-20)34(32,33)27-22(24(30)31)16-18-6-4-3-5-7-18/h3-15,22,27H,2,16H2,1H3,(H,30,31). The van der Waals surface area contributed by atoms with E-state index in [0.717, 1.165) is 12.0 Å². The van der Waals surface area contributed by atoms with Gasteiger partial charge in [-0.3, -0.25) is 4.79 Å². The summed E-state index contributed by atoms with van der Waals surface area (Å²) in [6.45, 7) is 2.08. The minimum atomic E-state index is -4.06. The largest absolute Gasteiger partial charge is 0.480 e. The first-order chi connectivity index (χ1) is 16.4. The molecule has 1 aromatic heterocycles. The molecule has 1 atom stereocenters. The number of carboxylic acids is 1. The summed E-state index contributed by atoms with van der Waals surface area (Å²) < 4.78 is 27.9. The second-order valence-electron chi connectivity index (χ2n) is 7.65. The molecule has 1 unspecified atom stereocenters. The molecule has 9 nitrogen and oxygen atoms in total. The van der Waals surface area contributed by atoms with Crippen molar-refractivity contribution in [2.24, 2.45) is 0 Å². The van der Waals surface area contributed by atoms with Crippen LogP contribution in [-0.2, 0) is 27.7 Å². The summed E-state index contributed by atoms with van der Waals surface area (Å²) in [5.74, 6) is -0.804. The fourth-order valence-electron chi connectivity index (χ4n) is 3.37. The third kappa shape index (κ3) is 5.36. The van der Waals surface area contributed by atoms with E-state index in [1.807, 2.05) is 24.3 Å². The van der Waals surface area contributed by atoms with Crippen LogP contribution in [0.3, 0.4) is 0 Å². The van der Waals surface area contributed by atoms with Gasteiger partial charge in [-0.25, -0.2) is 8.42 Å². The molecule has 4 aromatic rings. The lowest BCUT2D eigenvalue weighted by Gasteiger charge is -2.15. The third-order valence-corrected chi connectivity index (χ3v) is 6.78. The molecule has 34 heavy (non-hydrogen) atoms. The zero-order valence-electron chi connectivity index (χ0n) is 18.4. The summed E-state index contributed by atoms with van der Waals surface area (Å²) in [7, 11) is -4.06. The summed E-state index contributed by atoms with van der Waals surface area (Å²) in [5, 5.41) is 22.0. The van der Waals surface area contributed by atoms with Crippen LogP contribution in [0.5, 0.6) is 0 Å². The zero-order valence-corrected chi connectivity index (χ0v) is 19.2. The van der Waals surface area contributed by atoms with Gasteiger partial charge in [0.25, 0.3) is 0 Å². The molecule has 0 aliphatic rings. The van der Waals surface area contributed by atoms with Crippen molar-refractivity contribution in [1.29, 1.82) is 0 Å². The van der Waals surface area contributed by atoms with E-state index in [1.54, 1.807) is 30.3 Å². The molecule has 0 bridgehead atoms. The maximum absolute atomic E-state index is 12.8. The fraction of sp³-hybridized carbons (Fsp3) is 0.167. The highest BCUT2D eigenvalue weighted by atomic mass is 32.2. The Labute approximate surface area is 197 Å². The van der Waals surface area contributed by atoms with Crippen molar-refractivity contribution in [2.45, 2.75) is 30.7 Å². The number of aliphatic carboxylic acids is 1. The molecule has 0 spiro atoms. The summed E-state index contributed by atoms with van der Waals surface area (Å²) in [6.07, 6.45) is 0.961. The number of tetrazole rings is 1. The lowest BCUT2D eigenvalue weighted by molar-refractivity contribution is -0.138. The number of benzene rings is 3. The van der Waals surface area contributed by atoms with Gasteiger partial charge < -0.3 is 5.11 Å². The number of aromatic nitrogens is 4. The van der Waals surface area contributed by atoms with Crippen molar-refractivity contribution in [3.63, 3.8) is 0 Å². The summed E-state index contributed by atoms with van der Waals surface area (Å²) in [6, 6.07) is 21.2. The molecule has 0 saturated heterocycles. The monoisotopic (exact) mass is 477 g/mol. The number of nitrogens with zero attached hydrogens (tertiary/aromatic N) is 4. The zero-order chi connectivity index (χ0) is 24.1. The number of carbonyl (C=O) groups is 1. The van der Waals surface area contributed by atoms with Gasteiger partial charge >= 0.3 is 5.97 Å². The van der Waals surface area contributed by atoms with Crippen molar-refractivity contribution in [2.75, 3.05) is 0 Å². The van der Waals surface area contributed by atoms with E-state index in [4.69, 9.17) is 0 Å². The highest BCUT2D eigenvalue weighted by Gasteiger charge is 2.25. The molecule has 0 fully saturated rings. The summed E-state index contributed by atoms with van der Waals surface area (Å²) >= 11 is 0. The number of carboxylic acid groups (broad SMARTS) is 1. The van der Waals surface area contributed by atoms with Gasteiger partial charge in [0.2, 0.25) is 15.8 Å². The maximum atomic E-state index is 12.8. The van der Waals surface area contributed by atoms with Crippen LogP contribution in [0, 0.1) is 0 Å². The number of rotatable bonds is 9. The van der Waals surface area contributed by atoms with E-state index in [-0.39, 0.29) is 11.3 Å². The molecule has 0 amide bonds. The van der Waals surface area contributed by atoms with Gasteiger partial charge in [-0.15, -0.1) is 15.0 Å². The minimum Gasteiger partial charge on any atom is -0.480 e. The molecule has 2 N–H and O–H groups in total.